The van der Waals surface area contributed by atoms with Gasteiger partial charge in [0, 0.05) is 18.5 Å². The SMILES string of the molecule is CCNc1cc(C(=O)NCc2ncc(CC)o2)cc(Cl)n1. The predicted octanol–water partition coefficient (Wildman–Crippen LogP) is 2.65. The van der Waals surface area contributed by atoms with Crippen LogP contribution < -0.4 is 10.6 Å². The smallest absolute Gasteiger partial charge is 0.251 e. The molecule has 21 heavy (non-hydrogen) atoms. The van der Waals surface area contributed by atoms with E-state index in [0.29, 0.717) is 23.8 Å². The molecule has 2 rings (SSSR count). The van der Waals surface area contributed by atoms with E-state index in [2.05, 4.69) is 20.6 Å². The van der Waals surface area contributed by atoms with E-state index in [0.717, 1.165) is 12.2 Å². The summed E-state index contributed by atoms with van der Waals surface area (Å²) in [6, 6.07) is 3.17. The summed E-state index contributed by atoms with van der Waals surface area (Å²) in [6.45, 7) is 4.85. The molecule has 0 atom stereocenters. The second-order valence-electron chi connectivity index (χ2n) is 4.35. The lowest BCUT2D eigenvalue weighted by Crippen LogP contribution is -2.23. The summed E-state index contributed by atoms with van der Waals surface area (Å²) in [6.07, 6.45) is 2.43. The Morgan fingerprint density at radius 3 is 2.86 bits per heavy atom. The topological polar surface area (TPSA) is 80.0 Å². The largest absolute Gasteiger partial charge is 0.444 e. The number of oxazole rings is 1. The van der Waals surface area contributed by atoms with Crippen molar-refractivity contribution in [2.45, 2.75) is 26.8 Å². The highest BCUT2D eigenvalue weighted by Crippen LogP contribution is 2.14. The Balaban J connectivity index is 2.02. The van der Waals surface area contributed by atoms with Gasteiger partial charge >= 0.3 is 0 Å². The monoisotopic (exact) mass is 308 g/mol. The molecule has 0 spiro atoms. The Kier molecular flexibility index (Phi) is 5.16. The van der Waals surface area contributed by atoms with Crippen LogP contribution in [0.4, 0.5) is 5.82 Å². The fourth-order valence-electron chi connectivity index (χ4n) is 1.75. The zero-order valence-electron chi connectivity index (χ0n) is 11.9. The molecule has 0 fully saturated rings. The molecule has 0 radical (unpaired) electrons. The van der Waals surface area contributed by atoms with Gasteiger partial charge in [0.1, 0.15) is 16.7 Å². The third kappa shape index (κ3) is 4.19. The first-order valence-corrected chi connectivity index (χ1v) is 7.13. The van der Waals surface area contributed by atoms with E-state index in [1.54, 1.807) is 12.3 Å². The molecule has 2 aromatic rings. The molecule has 112 valence electrons. The average molecular weight is 309 g/mol. The fourth-order valence-corrected chi connectivity index (χ4v) is 1.96. The van der Waals surface area contributed by atoms with Crippen LogP contribution in [0, 0.1) is 0 Å². The minimum absolute atomic E-state index is 0.231. The van der Waals surface area contributed by atoms with E-state index in [4.69, 9.17) is 16.0 Å². The first-order valence-electron chi connectivity index (χ1n) is 6.75. The molecule has 2 N–H and O–H groups in total. The maximum atomic E-state index is 12.1. The number of amides is 1. The number of carbonyl (C=O) groups is 1. The van der Waals surface area contributed by atoms with Crippen LogP contribution in [0.5, 0.6) is 0 Å². The number of nitrogens with one attached hydrogen (secondary N) is 2. The van der Waals surface area contributed by atoms with Crippen molar-refractivity contribution in [3.8, 4) is 0 Å². The minimum atomic E-state index is -0.255. The van der Waals surface area contributed by atoms with Gasteiger partial charge in [-0.1, -0.05) is 18.5 Å². The Bertz CT molecular complexity index is 627. The normalized spacial score (nSPS) is 10.4. The first kappa shape index (κ1) is 15.3. The predicted molar refractivity (Wildman–Crippen MR) is 80.5 cm³/mol. The number of hydrogen-bond donors (Lipinski definition) is 2. The lowest BCUT2D eigenvalue weighted by Gasteiger charge is -2.07. The molecular formula is C14H17ClN4O2. The van der Waals surface area contributed by atoms with E-state index in [-0.39, 0.29) is 17.6 Å². The van der Waals surface area contributed by atoms with Gasteiger partial charge in [-0.05, 0) is 19.1 Å². The summed E-state index contributed by atoms with van der Waals surface area (Å²) < 4.78 is 5.43. The maximum absolute atomic E-state index is 12.1. The van der Waals surface area contributed by atoms with Crippen molar-refractivity contribution >= 4 is 23.3 Å². The van der Waals surface area contributed by atoms with Crippen LogP contribution in [0.2, 0.25) is 5.15 Å². The van der Waals surface area contributed by atoms with Crippen molar-refractivity contribution in [2.24, 2.45) is 0 Å². The van der Waals surface area contributed by atoms with Gasteiger partial charge < -0.3 is 15.1 Å². The number of anilines is 1. The number of aromatic nitrogens is 2. The van der Waals surface area contributed by atoms with Crippen LogP contribution in [0.15, 0.2) is 22.7 Å². The molecule has 2 heterocycles. The van der Waals surface area contributed by atoms with Crippen LogP contribution in [-0.4, -0.2) is 22.4 Å². The van der Waals surface area contributed by atoms with Crippen LogP contribution >= 0.6 is 11.6 Å². The van der Waals surface area contributed by atoms with Gasteiger partial charge in [-0.2, -0.15) is 0 Å². The fraction of sp³-hybridized carbons (Fsp3) is 0.357. The van der Waals surface area contributed by atoms with Crippen molar-refractivity contribution in [1.29, 1.82) is 0 Å². The molecule has 0 aromatic carbocycles. The van der Waals surface area contributed by atoms with Crippen molar-refractivity contribution in [3.63, 3.8) is 0 Å². The molecule has 6 nitrogen and oxygen atoms in total. The summed E-state index contributed by atoms with van der Waals surface area (Å²) >= 11 is 5.91. The van der Waals surface area contributed by atoms with Crippen molar-refractivity contribution < 1.29 is 9.21 Å². The van der Waals surface area contributed by atoms with E-state index in [1.165, 1.54) is 6.07 Å². The average Bonchev–Trinajstić information content (AvgIpc) is 2.92. The number of pyridine rings is 1. The lowest BCUT2D eigenvalue weighted by molar-refractivity contribution is 0.0947. The van der Waals surface area contributed by atoms with Gasteiger partial charge in [-0.15, -0.1) is 0 Å². The van der Waals surface area contributed by atoms with Gasteiger partial charge in [0.25, 0.3) is 5.91 Å². The number of rotatable bonds is 6. The highest BCUT2D eigenvalue weighted by atomic mass is 35.5. The Hall–Kier alpha value is -2.08. The zero-order valence-corrected chi connectivity index (χ0v) is 12.7. The van der Waals surface area contributed by atoms with Gasteiger partial charge in [-0.25, -0.2) is 9.97 Å². The number of nitrogens with zero attached hydrogens (tertiary/aromatic N) is 2. The van der Waals surface area contributed by atoms with Gasteiger partial charge in [0.2, 0.25) is 5.89 Å². The van der Waals surface area contributed by atoms with Crippen LogP contribution in [0.3, 0.4) is 0 Å². The molecule has 2 aromatic heterocycles. The van der Waals surface area contributed by atoms with E-state index in [1.807, 2.05) is 13.8 Å². The third-order valence-corrected chi connectivity index (χ3v) is 2.96. The van der Waals surface area contributed by atoms with Gasteiger partial charge in [0.05, 0.1) is 12.7 Å². The Morgan fingerprint density at radius 1 is 1.38 bits per heavy atom. The van der Waals surface area contributed by atoms with E-state index < -0.39 is 0 Å². The van der Waals surface area contributed by atoms with E-state index >= 15 is 0 Å². The summed E-state index contributed by atoms with van der Waals surface area (Å²) in [7, 11) is 0. The molecule has 0 bridgehead atoms. The van der Waals surface area contributed by atoms with Crippen LogP contribution in [-0.2, 0) is 13.0 Å². The minimum Gasteiger partial charge on any atom is -0.444 e. The van der Waals surface area contributed by atoms with Crippen molar-refractivity contribution in [2.75, 3.05) is 11.9 Å². The van der Waals surface area contributed by atoms with Crippen LogP contribution in [0.1, 0.15) is 35.9 Å². The van der Waals surface area contributed by atoms with E-state index in [9.17, 15) is 4.79 Å². The number of aryl methyl sites for hydroxylation is 1. The van der Waals surface area contributed by atoms with Gasteiger partial charge in [-0.3, -0.25) is 4.79 Å². The standard InChI is InChI=1S/C14H17ClN4O2/c1-3-10-7-17-13(21-10)8-18-14(20)9-5-11(15)19-12(6-9)16-4-2/h5-7H,3-4,8H2,1-2H3,(H,16,19)(H,18,20). The van der Waals surface area contributed by atoms with Crippen molar-refractivity contribution in [3.05, 3.63) is 40.7 Å². The quantitative estimate of drug-likeness (QED) is 0.802. The molecule has 0 saturated carbocycles. The summed E-state index contributed by atoms with van der Waals surface area (Å²) in [5.74, 6) is 1.59. The molecular weight excluding hydrogens is 292 g/mol. The van der Waals surface area contributed by atoms with Crippen molar-refractivity contribution in [1.82, 2.24) is 15.3 Å². The molecule has 0 unspecified atom stereocenters. The third-order valence-electron chi connectivity index (χ3n) is 2.76. The molecule has 0 saturated heterocycles. The van der Waals surface area contributed by atoms with Crippen LogP contribution in [0.25, 0.3) is 0 Å². The molecule has 0 aliphatic rings. The summed E-state index contributed by atoms with van der Waals surface area (Å²) in [4.78, 5) is 20.3. The first-order chi connectivity index (χ1) is 10.1. The Labute approximate surface area is 127 Å². The lowest BCUT2D eigenvalue weighted by atomic mass is 10.2. The Morgan fingerprint density at radius 2 is 2.19 bits per heavy atom. The summed E-state index contributed by atoms with van der Waals surface area (Å²) in [5, 5.41) is 6.03. The zero-order chi connectivity index (χ0) is 15.2. The number of halogens is 1. The molecule has 0 aliphatic heterocycles. The van der Waals surface area contributed by atoms with Gasteiger partial charge in [0.15, 0.2) is 0 Å². The highest BCUT2D eigenvalue weighted by Gasteiger charge is 2.10. The second kappa shape index (κ2) is 7.08. The maximum Gasteiger partial charge on any atom is 0.251 e. The number of hydrogen-bond acceptors (Lipinski definition) is 5. The summed E-state index contributed by atoms with van der Waals surface area (Å²) in [5.41, 5.74) is 0.438. The highest BCUT2D eigenvalue weighted by molar-refractivity contribution is 6.29. The molecule has 0 aliphatic carbocycles. The molecule has 7 heteroatoms. The number of carbonyl (C=O) groups excluding carboxylic acids is 1. The molecule has 1 amide bonds. The second-order valence-corrected chi connectivity index (χ2v) is 4.74.